The van der Waals surface area contributed by atoms with Gasteiger partial charge in [0.2, 0.25) is 0 Å². The Morgan fingerprint density at radius 1 is 1.60 bits per heavy atom. The molecule has 0 aromatic heterocycles. The topological polar surface area (TPSA) is 82.1 Å². The van der Waals surface area contributed by atoms with Crippen LogP contribution in [-0.2, 0) is 0 Å². The Balaban J connectivity index is 2.82. The summed E-state index contributed by atoms with van der Waals surface area (Å²) in [5.41, 5.74) is 7.14. The largest absolute Gasteiger partial charge is 0.398 e. The molecular weight excluding hydrogens is 190 g/mol. The Hall–Kier alpha value is -1.57. The van der Waals surface area contributed by atoms with Gasteiger partial charge in [0.25, 0.3) is 0 Å². The van der Waals surface area contributed by atoms with Gasteiger partial charge in [-0.3, -0.25) is 0 Å². The second-order valence-corrected chi connectivity index (χ2v) is 3.28. The first-order valence-corrected chi connectivity index (χ1v) is 4.87. The van der Waals surface area contributed by atoms with Crippen molar-refractivity contribution in [2.45, 2.75) is 13.0 Å². The Morgan fingerprint density at radius 2 is 2.33 bits per heavy atom. The van der Waals surface area contributed by atoms with Crippen molar-refractivity contribution in [3.8, 4) is 6.07 Å². The number of aliphatic hydroxyl groups is 1. The van der Waals surface area contributed by atoms with Crippen molar-refractivity contribution in [2.24, 2.45) is 0 Å². The van der Waals surface area contributed by atoms with Crippen LogP contribution in [-0.4, -0.2) is 18.2 Å². The fourth-order valence-corrected chi connectivity index (χ4v) is 1.28. The number of benzene rings is 1. The van der Waals surface area contributed by atoms with Crippen molar-refractivity contribution in [2.75, 3.05) is 18.8 Å². The van der Waals surface area contributed by atoms with Crippen LogP contribution in [0.4, 0.5) is 5.69 Å². The van der Waals surface area contributed by atoms with E-state index in [1.54, 1.807) is 18.2 Å². The van der Waals surface area contributed by atoms with Crippen molar-refractivity contribution in [1.29, 1.82) is 5.26 Å². The highest BCUT2D eigenvalue weighted by Crippen LogP contribution is 2.18. The summed E-state index contributed by atoms with van der Waals surface area (Å²) in [5, 5.41) is 21.6. The summed E-state index contributed by atoms with van der Waals surface area (Å²) in [6.45, 7) is 3.25. The lowest BCUT2D eigenvalue weighted by molar-refractivity contribution is 0.175. The maximum absolute atomic E-state index is 9.75. The van der Waals surface area contributed by atoms with Gasteiger partial charge in [-0.25, -0.2) is 0 Å². The van der Waals surface area contributed by atoms with E-state index in [1.807, 2.05) is 13.0 Å². The van der Waals surface area contributed by atoms with Crippen molar-refractivity contribution in [3.63, 3.8) is 0 Å². The number of nitrogens with one attached hydrogen (secondary N) is 1. The molecule has 0 saturated heterocycles. The Morgan fingerprint density at radius 3 is 2.93 bits per heavy atom. The molecule has 0 aliphatic heterocycles. The van der Waals surface area contributed by atoms with E-state index in [9.17, 15) is 5.11 Å². The number of anilines is 1. The van der Waals surface area contributed by atoms with Gasteiger partial charge in [0.15, 0.2) is 0 Å². The minimum Gasteiger partial charge on any atom is -0.398 e. The van der Waals surface area contributed by atoms with Crippen LogP contribution in [0.5, 0.6) is 0 Å². The summed E-state index contributed by atoms with van der Waals surface area (Å²) in [4.78, 5) is 0. The van der Waals surface area contributed by atoms with Gasteiger partial charge in [0, 0.05) is 12.2 Å². The van der Waals surface area contributed by atoms with Gasteiger partial charge < -0.3 is 16.2 Å². The minimum absolute atomic E-state index is 0.406. The number of aliphatic hydroxyl groups excluding tert-OH is 1. The molecule has 4 nitrogen and oxygen atoms in total. The molecule has 1 atom stereocenters. The van der Waals surface area contributed by atoms with Gasteiger partial charge in [-0.15, -0.1) is 0 Å². The summed E-state index contributed by atoms with van der Waals surface area (Å²) in [6.07, 6.45) is -0.599. The molecule has 0 bridgehead atoms. The summed E-state index contributed by atoms with van der Waals surface area (Å²) in [7, 11) is 0. The minimum atomic E-state index is -0.599. The van der Waals surface area contributed by atoms with Gasteiger partial charge in [0.05, 0.1) is 11.7 Å². The highest BCUT2D eigenvalue weighted by molar-refractivity contribution is 5.55. The van der Waals surface area contributed by atoms with E-state index in [-0.39, 0.29) is 0 Å². The fourth-order valence-electron chi connectivity index (χ4n) is 1.28. The number of nitrogen functional groups attached to an aromatic ring is 1. The average molecular weight is 205 g/mol. The number of hydrogen-bond donors (Lipinski definition) is 3. The molecule has 0 radical (unpaired) electrons. The molecule has 4 heteroatoms. The van der Waals surface area contributed by atoms with Crippen molar-refractivity contribution < 1.29 is 5.11 Å². The third-order valence-corrected chi connectivity index (χ3v) is 2.17. The van der Waals surface area contributed by atoms with Crippen molar-refractivity contribution >= 4 is 5.69 Å². The van der Waals surface area contributed by atoms with Gasteiger partial charge in [0.1, 0.15) is 6.07 Å². The van der Waals surface area contributed by atoms with Crippen LogP contribution in [0.15, 0.2) is 18.2 Å². The van der Waals surface area contributed by atoms with Gasteiger partial charge in [-0.05, 0) is 24.2 Å². The molecule has 1 rings (SSSR count). The van der Waals surface area contributed by atoms with Crippen LogP contribution in [0.2, 0.25) is 0 Å². The van der Waals surface area contributed by atoms with E-state index in [0.29, 0.717) is 23.4 Å². The number of nitrogens with zero attached hydrogens (tertiary/aromatic N) is 1. The standard InChI is InChI=1S/C11H15N3O/c1-2-14-7-11(15)8-3-4-10(13)9(5-8)6-12/h3-5,11,14-15H,2,7,13H2,1H3. The second-order valence-electron chi connectivity index (χ2n) is 3.28. The van der Waals surface area contributed by atoms with E-state index in [0.717, 1.165) is 6.54 Å². The zero-order valence-corrected chi connectivity index (χ0v) is 8.70. The van der Waals surface area contributed by atoms with Crippen molar-refractivity contribution in [3.05, 3.63) is 29.3 Å². The lowest BCUT2D eigenvalue weighted by Crippen LogP contribution is -2.20. The summed E-state index contributed by atoms with van der Waals surface area (Å²) < 4.78 is 0. The molecule has 0 saturated carbocycles. The molecule has 0 amide bonds. The Labute approximate surface area is 89.3 Å². The Kier molecular flexibility index (Phi) is 4.10. The van der Waals surface area contributed by atoms with E-state index < -0.39 is 6.10 Å². The van der Waals surface area contributed by atoms with E-state index in [1.165, 1.54) is 0 Å². The molecule has 0 spiro atoms. The Bertz CT molecular complexity index is 371. The highest BCUT2D eigenvalue weighted by atomic mass is 16.3. The fraction of sp³-hybridized carbons (Fsp3) is 0.364. The lowest BCUT2D eigenvalue weighted by atomic mass is 10.1. The number of likely N-dealkylation sites (N-methyl/N-ethyl adjacent to an activating group) is 1. The molecule has 4 N–H and O–H groups in total. The number of nitrogens with two attached hydrogens (primary N) is 1. The molecule has 1 unspecified atom stereocenters. The van der Waals surface area contributed by atoms with E-state index >= 15 is 0 Å². The molecule has 1 aromatic rings. The molecule has 15 heavy (non-hydrogen) atoms. The van der Waals surface area contributed by atoms with Crippen LogP contribution in [0.1, 0.15) is 24.2 Å². The quantitative estimate of drug-likeness (QED) is 0.634. The molecular formula is C11H15N3O. The first kappa shape index (κ1) is 11.5. The van der Waals surface area contributed by atoms with E-state index in [2.05, 4.69) is 5.32 Å². The number of nitriles is 1. The lowest BCUT2D eigenvalue weighted by Gasteiger charge is -2.12. The molecule has 1 aromatic carbocycles. The SMILES string of the molecule is CCNCC(O)c1ccc(N)c(C#N)c1. The zero-order valence-electron chi connectivity index (χ0n) is 8.70. The van der Waals surface area contributed by atoms with Crippen LogP contribution < -0.4 is 11.1 Å². The van der Waals surface area contributed by atoms with Gasteiger partial charge in [-0.2, -0.15) is 5.26 Å². The third kappa shape index (κ3) is 2.94. The predicted octanol–water partition coefficient (Wildman–Crippen LogP) is 0.783. The van der Waals surface area contributed by atoms with Gasteiger partial charge >= 0.3 is 0 Å². The summed E-state index contributed by atoms with van der Waals surface area (Å²) >= 11 is 0. The van der Waals surface area contributed by atoms with Crippen LogP contribution in [0.3, 0.4) is 0 Å². The van der Waals surface area contributed by atoms with Crippen molar-refractivity contribution in [1.82, 2.24) is 5.32 Å². The maximum atomic E-state index is 9.75. The van der Waals surface area contributed by atoms with Gasteiger partial charge in [-0.1, -0.05) is 13.0 Å². The van der Waals surface area contributed by atoms with Crippen LogP contribution in [0.25, 0.3) is 0 Å². The maximum Gasteiger partial charge on any atom is 0.101 e. The third-order valence-electron chi connectivity index (χ3n) is 2.17. The predicted molar refractivity (Wildman–Crippen MR) is 59.1 cm³/mol. The monoisotopic (exact) mass is 205 g/mol. The molecule has 0 aliphatic rings. The zero-order chi connectivity index (χ0) is 11.3. The molecule has 0 aliphatic carbocycles. The normalized spacial score (nSPS) is 12.1. The average Bonchev–Trinajstić information content (AvgIpc) is 2.26. The summed E-state index contributed by atoms with van der Waals surface area (Å²) in [5.74, 6) is 0. The van der Waals surface area contributed by atoms with Crippen LogP contribution >= 0.6 is 0 Å². The molecule has 80 valence electrons. The number of rotatable bonds is 4. The number of hydrogen-bond acceptors (Lipinski definition) is 4. The van der Waals surface area contributed by atoms with E-state index in [4.69, 9.17) is 11.0 Å². The molecule has 0 fully saturated rings. The smallest absolute Gasteiger partial charge is 0.101 e. The summed E-state index contributed by atoms with van der Waals surface area (Å²) in [6, 6.07) is 6.99. The second kappa shape index (κ2) is 5.35. The molecule has 0 heterocycles. The highest BCUT2D eigenvalue weighted by Gasteiger charge is 2.08. The first-order valence-electron chi connectivity index (χ1n) is 4.87. The first-order chi connectivity index (χ1) is 7.19. The van der Waals surface area contributed by atoms with Crippen LogP contribution in [0, 0.1) is 11.3 Å².